The van der Waals surface area contributed by atoms with Crippen molar-refractivity contribution in [3.8, 4) is 0 Å². The Balaban J connectivity index is 1.94. The summed E-state index contributed by atoms with van der Waals surface area (Å²) in [5.41, 5.74) is 0.0648. The van der Waals surface area contributed by atoms with Crippen LogP contribution in [0.3, 0.4) is 0 Å². The molecular formula is C25H30O10S. The molecule has 0 radical (unpaired) electrons. The van der Waals surface area contributed by atoms with E-state index < -0.39 is 52.8 Å². The van der Waals surface area contributed by atoms with E-state index in [1.165, 1.54) is 13.8 Å². The summed E-state index contributed by atoms with van der Waals surface area (Å²) in [5, 5.41) is 0. The molecule has 36 heavy (non-hydrogen) atoms. The van der Waals surface area contributed by atoms with Gasteiger partial charge in [0.15, 0.2) is 11.7 Å². The number of benzene rings is 2. The lowest BCUT2D eigenvalue weighted by Gasteiger charge is -2.33. The average molecular weight is 523 g/mol. The predicted molar refractivity (Wildman–Crippen MR) is 127 cm³/mol. The van der Waals surface area contributed by atoms with Crippen LogP contribution < -0.4 is 0 Å². The number of carbonyl (C=O) groups is 2. The molecule has 2 aromatic rings. The monoisotopic (exact) mass is 522 g/mol. The number of ether oxygens (including phenoxy) is 5. The van der Waals surface area contributed by atoms with Crippen molar-refractivity contribution in [3.05, 3.63) is 71.8 Å². The lowest BCUT2D eigenvalue weighted by Crippen LogP contribution is -2.53. The molecule has 4 atom stereocenters. The summed E-state index contributed by atoms with van der Waals surface area (Å²) in [5.74, 6) is -1.36. The number of hydrogen-bond acceptors (Lipinski definition) is 10. The second kappa shape index (κ2) is 12.4. The van der Waals surface area contributed by atoms with Gasteiger partial charge in [-0.25, -0.2) is 0 Å². The molecule has 3 unspecified atom stereocenters. The van der Waals surface area contributed by atoms with Gasteiger partial charge in [0.25, 0.3) is 10.1 Å². The zero-order valence-electron chi connectivity index (χ0n) is 20.3. The first-order valence-corrected chi connectivity index (χ1v) is 13.0. The van der Waals surface area contributed by atoms with Crippen LogP contribution in [0.25, 0.3) is 0 Å². The highest BCUT2D eigenvalue weighted by atomic mass is 32.2. The Labute approximate surface area is 210 Å². The van der Waals surface area contributed by atoms with E-state index in [0.717, 1.165) is 17.4 Å². The molecule has 1 aliphatic rings. The van der Waals surface area contributed by atoms with Crippen molar-refractivity contribution in [1.82, 2.24) is 0 Å². The van der Waals surface area contributed by atoms with Crippen LogP contribution in [0.1, 0.15) is 25.0 Å². The third-order valence-corrected chi connectivity index (χ3v) is 5.81. The maximum absolute atomic E-state index is 11.9. The fourth-order valence-electron chi connectivity index (χ4n) is 3.77. The van der Waals surface area contributed by atoms with E-state index in [1.807, 2.05) is 60.7 Å². The summed E-state index contributed by atoms with van der Waals surface area (Å²) < 4.78 is 57.7. The van der Waals surface area contributed by atoms with Crippen LogP contribution in [0.5, 0.6) is 0 Å². The largest absolute Gasteiger partial charge is 0.453 e. The molecule has 2 aromatic carbocycles. The minimum Gasteiger partial charge on any atom is -0.453 e. The Morgan fingerprint density at radius 3 is 1.94 bits per heavy atom. The highest BCUT2D eigenvalue weighted by molar-refractivity contribution is 7.85. The van der Waals surface area contributed by atoms with Crippen LogP contribution in [-0.4, -0.2) is 63.9 Å². The molecule has 1 heterocycles. The Hall–Kier alpha value is -2.83. The molecule has 0 aromatic heterocycles. The van der Waals surface area contributed by atoms with Gasteiger partial charge in [0.2, 0.25) is 6.29 Å². The molecule has 0 amide bonds. The molecule has 0 bridgehead atoms. The van der Waals surface area contributed by atoms with Crippen molar-refractivity contribution >= 4 is 22.1 Å². The Kier molecular flexibility index (Phi) is 9.57. The van der Waals surface area contributed by atoms with Gasteiger partial charge in [0.05, 0.1) is 26.1 Å². The van der Waals surface area contributed by atoms with E-state index >= 15 is 0 Å². The van der Waals surface area contributed by atoms with E-state index in [4.69, 9.17) is 27.9 Å². The van der Waals surface area contributed by atoms with Crippen molar-refractivity contribution in [2.45, 2.75) is 51.2 Å². The summed E-state index contributed by atoms with van der Waals surface area (Å²) in [6.07, 6.45) is -2.80. The quantitative estimate of drug-likeness (QED) is 0.303. The zero-order valence-corrected chi connectivity index (χ0v) is 21.1. The molecule has 3 rings (SSSR count). The molecule has 1 fully saturated rings. The average Bonchev–Trinajstić information content (AvgIpc) is 3.08. The molecule has 11 heteroatoms. The third-order valence-electron chi connectivity index (χ3n) is 5.27. The first-order valence-electron chi connectivity index (χ1n) is 11.2. The van der Waals surface area contributed by atoms with Gasteiger partial charge in [-0.05, 0) is 11.1 Å². The van der Waals surface area contributed by atoms with E-state index in [9.17, 15) is 18.0 Å². The second-order valence-electron chi connectivity index (χ2n) is 8.40. The van der Waals surface area contributed by atoms with Gasteiger partial charge < -0.3 is 23.7 Å². The molecule has 196 valence electrons. The lowest BCUT2D eigenvalue weighted by atomic mass is 9.96. The summed E-state index contributed by atoms with van der Waals surface area (Å²) in [6, 6.07) is 18.5. The number of rotatable bonds is 12. The van der Waals surface area contributed by atoms with Crippen LogP contribution in [0.4, 0.5) is 0 Å². The van der Waals surface area contributed by atoms with Crippen LogP contribution in [-0.2, 0) is 60.8 Å². The minimum absolute atomic E-state index is 0.0682. The van der Waals surface area contributed by atoms with E-state index in [1.54, 1.807) is 0 Å². The van der Waals surface area contributed by atoms with Crippen molar-refractivity contribution < 1.29 is 45.9 Å². The fraction of sp³-hybridized carbons (Fsp3) is 0.440. The normalized spacial score (nSPS) is 23.8. The topological polar surface area (TPSA) is 124 Å². The molecule has 0 aliphatic carbocycles. The van der Waals surface area contributed by atoms with Crippen LogP contribution >= 0.6 is 0 Å². The third kappa shape index (κ3) is 8.10. The summed E-state index contributed by atoms with van der Waals surface area (Å²) in [6.45, 7) is 1.86. The Morgan fingerprint density at radius 2 is 1.42 bits per heavy atom. The highest BCUT2D eigenvalue weighted by Gasteiger charge is 2.60. The maximum Gasteiger partial charge on any atom is 0.305 e. The summed E-state index contributed by atoms with van der Waals surface area (Å²) in [7, 11) is -3.91. The molecule has 0 spiro atoms. The van der Waals surface area contributed by atoms with Crippen molar-refractivity contribution in [2.24, 2.45) is 0 Å². The van der Waals surface area contributed by atoms with Crippen LogP contribution in [0, 0.1) is 0 Å². The van der Waals surface area contributed by atoms with Gasteiger partial charge in [0, 0.05) is 13.8 Å². The highest BCUT2D eigenvalue weighted by Crippen LogP contribution is 2.38. The SMILES string of the molecule is CC(=O)OC1O[C@@](COCc2ccccc2)(COS(C)(=O)=O)C(OCc2ccccc2)C1OC(C)=O. The van der Waals surface area contributed by atoms with Gasteiger partial charge in [-0.2, -0.15) is 8.42 Å². The minimum atomic E-state index is -3.91. The summed E-state index contributed by atoms with van der Waals surface area (Å²) in [4.78, 5) is 23.7. The molecule has 1 aliphatic heterocycles. The van der Waals surface area contributed by atoms with Gasteiger partial charge in [-0.1, -0.05) is 60.7 Å². The van der Waals surface area contributed by atoms with Crippen LogP contribution in [0.15, 0.2) is 60.7 Å². The van der Waals surface area contributed by atoms with Gasteiger partial charge in [-0.3, -0.25) is 13.8 Å². The molecular weight excluding hydrogens is 492 g/mol. The molecule has 10 nitrogen and oxygen atoms in total. The van der Waals surface area contributed by atoms with E-state index in [2.05, 4.69) is 0 Å². The summed E-state index contributed by atoms with van der Waals surface area (Å²) >= 11 is 0. The number of hydrogen-bond donors (Lipinski definition) is 0. The molecule has 0 N–H and O–H groups in total. The first kappa shape index (κ1) is 27.8. The smallest absolute Gasteiger partial charge is 0.305 e. The molecule has 0 saturated carbocycles. The number of carbonyl (C=O) groups excluding carboxylic acids is 2. The van der Waals surface area contributed by atoms with Crippen LogP contribution in [0.2, 0.25) is 0 Å². The lowest BCUT2D eigenvalue weighted by molar-refractivity contribution is -0.217. The Morgan fingerprint density at radius 1 is 0.861 bits per heavy atom. The van der Waals surface area contributed by atoms with Gasteiger partial charge >= 0.3 is 11.9 Å². The van der Waals surface area contributed by atoms with Crippen molar-refractivity contribution in [1.29, 1.82) is 0 Å². The van der Waals surface area contributed by atoms with Gasteiger partial charge in [0.1, 0.15) is 12.7 Å². The van der Waals surface area contributed by atoms with Gasteiger partial charge in [-0.15, -0.1) is 0 Å². The van der Waals surface area contributed by atoms with E-state index in [-0.39, 0.29) is 19.8 Å². The zero-order chi connectivity index (χ0) is 26.2. The first-order chi connectivity index (χ1) is 17.1. The fourth-order valence-corrected chi connectivity index (χ4v) is 4.19. The Bertz CT molecular complexity index is 1110. The standard InChI is InChI=1S/C25H30O10S/c1-18(26)33-22-23(31-15-21-12-8-5-9-13-21)25(17-32-36(3,28)29,35-24(22)34-19(2)27)16-30-14-20-10-6-4-7-11-20/h4-13,22-24H,14-17H2,1-3H3/t22?,23?,24?,25-/m0/s1. The predicted octanol–water partition coefficient (Wildman–Crippen LogP) is 2.35. The van der Waals surface area contributed by atoms with Crippen molar-refractivity contribution in [2.75, 3.05) is 19.5 Å². The second-order valence-corrected chi connectivity index (χ2v) is 10.0. The molecule has 1 saturated heterocycles. The number of esters is 2. The van der Waals surface area contributed by atoms with E-state index in [0.29, 0.717) is 0 Å². The maximum atomic E-state index is 11.9. The van der Waals surface area contributed by atoms with Crippen molar-refractivity contribution in [3.63, 3.8) is 0 Å².